The normalized spacial score (nSPS) is 14.7. The van der Waals surface area contributed by atoms with Crippen LogP contribution in [0.15, 0.2) is 18.2 Å². The summed E-state index contributed by atoms with van der Waals surface area (Å²) in [6.45, 7) is 3.34. The van der Waals surface area contributed by atoms with E-state index in [2.05, 4.69) is 10.6 Å². The lowest BCUT2D eigenvalue weighted by Gasteiger charge is -2.09. The van der Waals surface area contributed by atoms with Crippen LogP contribution in [0.1, 0.15) is 28.8 Å². The van der Waals surface area contributed by atoms with E-state index in [9.17, 15) is 4.79 Å². The van der Waals surface area contributed by atoms with Crippen molar-refractivity contribution < 1.29 is 4.79 Å². The molecular weight excluding hydrogens is 236 g/mol. The van der Waals surface area contributed by atoms with E-state index in [0.29, 0.717) is 23.2 Å². The van der Waals surface area contributed by atoms with Crippen molar-refractivity contribution in [3.05, 3.63) is 34.3 Å². The Morgan fingerprint density at radius 3 is 2.88 bits per heavy atom. The average Bonchev–Trinajstić information content (AvgIpc) is 3.12. The third-order valence-corrected chi connectivity index (χ3v) is 3.34. The van der Waals surface area contributed by atoms with E-state index in [1.54, 1.807) is 18.2 Å². The van der Waals surface area contributed by atoms with E-state index in [1.165, 1.54) is 12.8 Å². The highest BCUT2D eigenvalue weighted by Crippen LogP contribution is 2.19. The summed E-state index contributed by atoms with van der Waals surface area (Å²) in [6.07, 6.45) is 2.53. The third-order valence-electron chi connectivity index (χ3n) is 2.93. The maximum absolute atomic E-state index is 11.9. The molecule has 0 spiro atoms. The highest BCUT2D eigenvalue weighted by Gasteiger charge is 2.19. The first-order valence-electron chi connectivity index (χ1n) is 5.95. The van der Waals surface area contributed by atoms with Crippen LogP contribution < -0.4 is 10.6 Å². The number of halogens is 1. The molecule has 1 saturated carbocycles. The fraction of sp³-hybridized carbons (Fsp3) is 0.462. The standard InChI is InChI=1S/C13H17ClN2O/c1-9-11(3-2-4-12(9)14)13(17)16-8-7-15-10-5-6-10/h2-4,10,15H,5-8H2,1H3,(H,16,17). The zero-order valence-electron chi connectivity index (χ0n) is 9.92. The molecule has 2 N–H and O–H groups in total. The van der Waals surface area contributed by atoms with Crippen LogP contribution in [0.5, 0.6) is 0 Å². The monoisotopic (exact) mass is 252 g/mol. The lowest BCUT2D eigenvalue weighted by molar-refractivity contribution is 0.0953. The van der Waals surface area contributed by atoms with Gasteiger partial charge in [-0.25, -0.2) is 0 Å². The first-order chi connectivity index (χ1) is 8.18. The predicted octanol–water partition coefficient (Wildman–Crippen LogP) is 2.13. The summed E-state index contributed by atoms with van der Waals surface area (Å²) in [7, 11) is 0. The maximum atomic E-state index is 11.9. The van der Waals surface area contributed by atoms with Gasteiger partial charge in [0.1, 0.15) is 0 Å². The minimum absolute atomic E-state index is 0.0532. The number of benzene rings is 1. The van der Waals surface area contributed by atoms with Crippen molar-refractivity contribution in [2.45, 2.75) is 25.8 Å². The number of carbonyl (C=O) groups is 1. The average molecular weight is 253 g/mol. The van der Waals surface area contributed by atoms with Crippen LogP contribution in [-0.4, -0.2) is 25.0 Å². The number of amides is 1. The first-order valence-corrected chi connectivity index (χ1v) is 6.33. The molecule has 0 unspecified atom stereocenters. The number of hydrogen-bond donors (Lipinski definition) is 2. The third kappa shape index (κ3) is 3.45. The second-order valence-electron chi connectivity index (χ2n) is 4.40. The predicted molar refractivity (Wildman–Crippen MR) is 69.5 cm³/mol. The Kier molecular flexibility index (Phi) is 4.02. The van der Waals surface area contributed by atoms with Crippen molar-refractivity contribution in [3.8, 4) is 0 Å². The second-order valence-corrected chi connectivity index (χ2v) is 4.80. The van der Waals surface area contributed by atoms with Gasteiger partial charge >= 0.3 is 0 Å². The topological polar surface area (TPSA) is 41.1 Å². The van der Waals surface area contributed by atoms with Crippen molar-refractivity contribution >= 4 is 17.5 Å². The molecule has 17 heavy (non-hydrogen) atoms. The van der Waals surface area contributed by atoms with Crippen LogP contribution in [0.4, 0.5) is 0 Å². The van der Waals surface area contributed by atoms with Crippen molar-refractivity contribution in [2.24, 2.45) is 0 Å². The Labute approximate surface area is 107 Å². The quantitative estimate of drug-likeness (QED) is 0.789. The van der Waals surface area contributed by atoms with Gasteiger partial charge in [0.05, 0.1) is 0 Å². The number of carbonyl (C=O) groups excluding carboxylic acids is 1. The Morgan fingerprint density at radius 2 is 2.18 bits per heavy atom. The van der Waals surface area contributed by atoms with Gasteiger partial charge in [-0.1, -0.05) is 17.7 Å². The molecule has 0 saturated heterocycles. The van der Waals surface area contributed by atoms with Gasteiger partial charge in [-0.15, -0.1) is 0 Å². The molecule has 92 valence electrons. The van der Waals surface area contributed by atoms with E-state index < -0.39 is 0 Å². The van der Waals surface area contributed by atoms with Crippen molar-refractivity contribution in [2.75, 3.05) is 13.1 Å². The molecule has 1 aliphatic rings. The second kappa shape index (κ2) is 5.52. The summed E-state index contributed by atoms with van der Waals surface area (Å²) >= 11 is 5.98. The van der Waals surface area contributed by atoms with Crippen LogP contribution in [-0.2, 0) is 0 Å². The van der Waals surface area contributed by atoms with Crippen LogP contribution in [0, 0.1) is 6.92 Å². The molecule has 0 aliphatic heterocycles. The molecule has 0 heterocycles. The zero-order chi connectivity index (χ0) is 12.3. The maximum Gasteiger partial charge on any atom is 0.251 e. The number of nitrogens with one attached hydrogen (secondary N) is 2. The largest absolute Gasteiger partial charge is 0.351 e. The van der Waals surface area contributed by atoms with E-state index in [-0.39, 0.29) is 5.91 Å². The van der Waals surface area contributed by atoms with Crippen molar-refractivity contribution in [3.63, 3.8) is 0 Å². The summed E-state index contributed by atoms with van der Waals surface area (Å²) in [5.41, 5.74) is 1.49. The molecule has 1 fully saturated rings. The SMILES string of the molecule is Cc1c(Cl)cccc1C(=O)NCCNC1CC1. The molecule has 4 heteroatoms. The minimum atomic E-state index is -0.0532. The van der Waals surface area contributed by atoms with Gasteiger partial charge in [-0.2, -0.15) is 0 Å². The molecule has 1 aromatic rings. The van der Waals surface area contributed by atoms with Gasteiger partial charge < -0.3 is 10.6 Å². The Hall–Kier alpha value is -1.06. The Balaban J connectivity index is 1.83. The van der Waals surface area contributed by atoms with Gasteiger partial charge in [0.2, 0.25) is 0 Å². The molecule has 0 aromatic heterocycles. The zero-order valence-corrected chi connectivity index (χ0v) is 10.7. The van der Waals surface area contributed by atoms with Gasteiger partial charge in [-0.3, -0.25) is 4.79 Å². The van der Waals surface area contributed by atoms with E-state index in [1.807, 2.05) is 6.92 Å². The van der Waals surface area contributed by atoms with Gasteiger partial charge in [0.25, 0.3) is 5.91 Å². The molecular formula is C13H17ClN2O. The van der Waals surface area contributed by atoms with Crippen molar-refractivity contribution in [1.29, 1.82) is 0 Å². The Morgan fingerprint density at radius 1 is 1.41 bits per heavy atom. The van der Waals surface area contributed by atoms with E-state index >= 15 is 0 Å². The molecule has 3 nitrogen and oxygen atoms in total. The Bertz CT molecular complexity index is 416. The van der Waals surface area contributed by atoms with Crippen LogP contribution in [0.2, 0.25) is 5.02 Å². The molecule has 1 amide bonds. The summed E-state index contributed by atoms with van der Waals surface area (Å²) < 4.78 is 0. The molecule has 2 rings (SSSR count). The van der Waals surface area contributed by atoms with E-state index in [0.717, 1.165) is 12.1 Å². The lowest BCUT2D eigenvalue weighted by Crippen LogP contribution is -2.32. The van der Waals surface area contributed by atoms with Gasteiger partial charge in [0, 0.05) is 29.7 Å². The van der Waals surface area contributed by atoms with Crippen LogP contribution in [0.25, 0.3) is 0 Å². The highest BCUT2D eigenvalue weighted by molar-refractivity contribution is 6.31. The molecule has 0 radical (unpaired) electrons. The first kappa shape index (κ1) is 12.4. The summed E-state index contributed by atoms with van der Waals surface area (Å²) in [4.78, 5) is 11.9. The number of hydrogen-bond acceptors (Lipinski definition) is 2. The minimum Gasteiger partial charge on any atom is -0.351 e. The highest BCUT2D eigenvalue weighted by atomic mass is 35.5. The smallest absolute Gasteiger partial charge is 0.251 e. The van der Waals surface area contributed by atoms with Gasteiger partial charge in [0.15, 0.2) is 0 Å². The fourth-order valence-corrected chi connectivity index (χ4v) is 1.86. The number of rotatable bonds is 5. The lowest BCUT2D eigenvalue weighted by atomic mass is 10.1. The van der Waals surface area contributed by atoms with E-state index in [4.69, 9.17) is 11.6 Å². The molecule has 1 aliphatic carbocycles. The van der Waals surface area contributed by atoms with Crippen molar-refractivity contribution in [1.82, 2.24) is 10.6 Å². The van der Waals surface area contributed by atoms with Crippen LogP contribution in [0.3, 0.4) is 0 Å². The summed E-state index contributed by atoms with van der Waals surface area (Å²) in [5, 5.41) is 6.87. The fourth-order valence-electron chi connectivity index (χ4n) is 1.69. The molecule has 0 atom stereocenters. The summed E-state index contributed by atoms with van der Waals surface area (Å²) in [6, 6.07) is 6.07. The van der Waals surface area contributed by atoms with Gasteiger partial charge in [-0.05, 0) is 37.5 Å². The summed E-state index contributed by atoms with van der Waals surface area (Å²) in [5.74, 6) is -0.0532. The molecule has 0 bridgehead atoms. The van der Waals surface area contributed by atoms with Crippen LogP contribution >= 0.6 is 11.6 Å². The molecule has 1 aromatic carbocycles.